The van der Waals surface area contributed by atoms with Crippen molar-refractivity contribution in [2.24, 2.45) is 17.8 Å². The van der Waals surface area contributed by atoms with Gasteiger partial charge in [-0.15, -0.1) is 23.4 Å². The van der Waals surface area contributed by atoms with Gasteiger partial charge in [-0.3, -0.25) is 14.4 Å². The highest BCUT2D eigenvalue weighted by Gasteiger charge is 2.77. The van der Waals surface area contributed by atoms with Gasteiger partial charge in [0.2, 0.25) is 11.8 Å². The van der Waals surface area contributed by atoms with Crippen LogP contribution in [0.1, 0.15) is 24.9 Å². The number of amides is 2. The average Bonchev–Trinajstić information content (AvgIpc) is 3.74. The maximum Gasteiger partial charge on any atom is 0.311 e. The molecule has 3 fully saturated rings. The smallest absolute Gasteiger partial charge is 0.311 e. The van der Waals surface area contributed by atoms with Gasteiger partial charge in [0.1, 0.15) is 24.8 Å². The predicted octanol–water partition coefficient (Wildman–Crippen LogP) is 3.20. The van der Waals surface area contributed by atoms with Crippen LogP contribution in [0.15, 0.2) is 79.9 Å². The molecule has 2 bridgehead atoms. The monoisotopic (exact) mass is 601 g/mol. The van der Waals surface area contributed by atoms with Crippen LogP contribution in [0.3, 0.4) is 0 Å². The van der Waals surface area contributed by atoms with Gasteiger partial charge in [0, 0.05) is 11.8 Å². The third-order valence-corrected chi connectivity index (χ3v) is 11.2. The van der Waals surface area contributed by atoms with Crippen molar-refractivity contribution in [3.63, 3.8) is 0 Å². The highest BCUT2D eigenvalue weighted by Crippen LogP contribution is 2.69. The van der Waals surface area contributed by atoms with E-state index >= 15 is 0 Å². The molecule has 11 heteroatoms. The van der Waals surface area contributed by atoms with E-state index in [2.05, 4.69) is 30.4 Å². The van der Waals surface area contributed by atoms with E-state index in [1.165, 1.54) is 6.08 Å². The molecule has 7 atom stereocenters. The van der Waals surface area contributed by atoms with Crippen LogP contribution < -0.4 is 0 Å². The largest absolute Gasteiger partial charge is 0.461 e. The molecule has 1 spiro atoms. The van der Waals surface area contributed by atoms with Gasteiger partial charge in [0.05, 0.1) is 34.7 Å². The SMILES string of the molecule is C=CCOC(=O)[C@@H]1[C@@H]2CC(C)C3(S2)C(C(=O)N(CC=C)Cn2nnc4ccccc42)N([C@H](CO)c2ccccc2)C(=O)[C@H]13. The zero-order chi connectivity index (χ0) is 30.3. The number of benzene rings is 2. The lowest BCUT2D eigenvalue weighted by molar-refractivity contribution is -0.154. The fraction of sp³-hybridized carbons (Fsp3) is 0.406. The number of ether oxygens (including phenoxy) is 1. The molecule has 10 nitrogen and oxygen atoms in total. The summed E-state index contributed by atoms with van der Waals surface area (Å²) in [6, 6.07) is 15.0. The standard InChI is InChI=1S/C32H35N5O5S/c1-4-15-35(19-36-23-14-10-9-13-22(23)33-34-36)30(40)28-32-20(3)17-25(43-32)26(31(41)42-16-5-2)27(32)29(39)37(28)24(18-38)21-11-7-6-8-12-21/h4-14,20,24-28,38H,1-2,15-19H2,3H3/t20?,24-,25+,26-,27+,28?,32?/m1/s1. The number of aliphatic hydroxyl groups is 1. The van der Waals surface area contributed by atoms with Gasteiger partial charge in [-0.2, -0.15) is 0 Å². The molecule has 3 aliphatic heterocycles. The zero-order valence-electron chi connectivity index (χ0n) is 24.0. The lowest BCUT2D eigenvalue weighted by Gasteiger charge is -2.42. The van der Waals surface area contributed by atoms with Gasteiger partial charge in [0.25, 0.3) is 0 Å². The summed E-state index contributed by atoms with van der Waals surface area (Å²) < 4.78 is 6.27. The molecule has 3 aliphatic rings. The van der Waals surface area contributed by atoms with Crippen molar-refractivity contribution in [2.75, 3.05) is 19.8 Å². The van der Waals surface area contributed by atoms with Crippen molar-refractivity contribution < 1.29 is 24.2 Å². The molecule has 0 saturated carbocycles. The van der Waals surface area contributed by atoms with Crippen LogP contribution in [-0.2, 0) is 25.8 Å². The van der Waals surface area contributed by atoms with E-state index in [4.69, 9.17) is 4.74 Å². The van der Waals surface area contributed by atoms with Crippen LogP contribution in [0.25, 0.3) is 11.0 Å². The van der Waals surface area contributed by atoms with Crippen molar-refractivity contribution in [2.45, 2.75) is 42.1 Å². The molecule has 3 saturated heterocycles. The van der Waals surface area contributed by atoms with Crippen molar-refractivity contribution in [3.8, 4) is 0 Å². The first kappa shape index (κ1) is 29.1. The van der Waals surface area contributed by atoms with Gasteiger partial charge in [-0.25, -0.2) is 4.68 Å². The molecule has 3 unspecified atom stereocenters. The number of hydrogen-bond acceptors (Lipinski definition) is 8. The van der Waals surface area contributed by atoms with Crippen LogP contribution >= 0.6 is 11.8 Å². The summed E-state index contributed by atoms with van der Waals surface area (Å²) in [5.41, 5.74) is 2.18. The maximum absolute atomic E-state index is 14.9. The predicted molar refractivity (Wildman–Crippen MR) is 162 cm³/mol. The summed E-state index contributed by atoms with van der Waals surface area (Å²) in [5.74, 6) is -2.57. The highest BCUT2D eigenvalue weighted by molar-refractivity contribution is 8.02. The summed E-state index contributed by atoms with van der Waals surface area (Å²) >= 11 is 1.56. The third-order valence-electron chi connectivity index (χ3n) is 9.11. The van der Waals surface area contributed by atoms with Crippen molar-refractivity contribution >= 4 is 40.6 Å². The Labute approximate surface area is 254 Å². The summed E-state index contributed by atoms with van der Waals surface area (Å²) in [6.07, 6.45) is 3.82. The molecule has 4 heterocycles. The first-order valence-corrected chi connectivity index (χ1v) is 15.4. The minimum atomic E-state index is -0.945. The third kappa shape index (κ3) is 4.56. The summed E-state index contributed by atoms with van der Waals surface area (Å²) in [5, 5.41) is 19.1. The second-order valence-electron chi connectivity index (χ2n) is 11.4. The van der Waals surface area contributed by atoms with E-state index in [1.807, 2.05) is 54.6 Å². The lowest BCUT2D eigenvalue weighted by atomic mass is 9.66. The molecule has 0 radical (unpaired) electrons. The normalized spacial score (nSPS) is 28.1. The van der Waals surface area contributed by atoms with E-state index in [9.17, 15) is 19.5 Å². The second-order valence-corrected chi connectivity index (χ2v) is 12.9. The highest BCUT2D eigenvalue weighted by atomic mass is 32.2. The van der Waals surface area contributed by atoms with Crippen LogP contribution in [0.5, 0.6) is 0 Å². The maximum atomic E-state index is 14.9. The number of hydrogen-bond donors (Lipinski definition) is 1. The van der Waals surface area contributed by atoms with Gasteiger partial charge in [0.15, 0.2) is 0 Å². The number of nitrogens with zero attached hydrogens (tertiary/aromatic N) is 5. The molecule has 1 aromatic heterocycles. The molecule has 43 heavy (non-hydrogen) atoms. The molecule has 1 N–H and O–H groups in total. The van der Waals surface area contributed by atoms with Gasteiger partial charge >= 0.3 is 5.97 Å². The number of thioether (sulfide) groups is 1. The van der Waals surface area contributed by atoms with E-state index in [0.717, 1.165) is 5.52 Å². The number of likely N-dealkylation sites (tertiary alicyclic amines) is 1. The number of aliphatic hydroxyl groups excluding tert-OH is 1. The Bertz CT molecular complexity index is 1560. The molecule has 6 rings (SSSR count). The molecular weight excluding hydrogens is 566 g/mol. The minimum absolute atomic E-state index is 0.0461. The first-order valence-electron chi connectivity index (χ1n) is 14.5. The first-order chi connectivity index (χ1) is 20.9. The van der Waals surface area contributed by atoms with Crippen molar-refractivity contribution in [1.82, 2.24) is 24.8 Å². The molecule has 2 amide bonds. The van der Waals surface area contributed by atoms with Crippen molar-refractivity contribution in [1.29, 1.82) is 0 Å². The second kappa shape index (κ2) is 11.6. The Morgan fingerprint density at radius 3 is 2.65 bits per heavy atom. The summed E-state index contributed by atoms with van der Waals surface area (Å²) in [7, 11) is 0. The minimum Gasteiger partial charge on any atom is -0.461 e. The van der Waals surface area contributed by atoms with Crippen LogP contribution in [0, 0.1) is 17.8 Å². The quantitative estimate of drug-likeness (QED) is 0.263. The Kier molecular flexibility index (Phi) is 7.87. The Morgan fingerprint density at radius 2 is 1.93 bits per heavy atom. The van der Waals surface area contributed by atoms with E-state index in [0.29, 0.717) is 17.5 Å². The average molecular weight is 602 g/mol. The van der Waals surface area contributed by atoms with Gasteiger partial charge in [-0.1, -0.05) is 73.3 Å². The number of rotatable bonds is 11. The van der Waals surface area contributed by atoms with Crippen LogP contribution in [0.2, 0.25) is 0 Å². The van der Waals surface area contributed by atoms with E-state index in [-0.39, 0.29) is 49.4 Å². The lowest BCUT2D eigenvalue weighted by Crippen LogP contribution is -2.58. The summed E-state index contributed by atoms with van der Waals surface area (Å²) in [6.45, 7) is 9.55. The van der Waals surface area contributed by atoms with Crippen LogP contribution in [-0.4, -0.2) is 83.5 Å². The number of aromatic nitrogens is 3. The summed E-state index contributed by atoms with van der Waals surface area (Å²) in [4.78, 5) is 46.1. The Morgan fingerprint density at radius 1 is 1.19 bits per heavy atom. The van der Waals surface area contributed by atoms with E-state index in [1.54, 1.807) is 32.3 Å². The molecule has 2 aromatic carbocycles. The topological polar surface area (TPSA) is 118 Å². The Balaban J connectivity index is 1.46. The zero-order valence-corrected chi connectivity index (χ0v) is 24.8. The Hall–Kier alpha value is -3.96. The molecular formula is C32H35N5O5S. The molecule has 0 aliphatic carbocycles. The number of fused-ring (bicyclic) bond motifs is 2. The number of carbonyl (C=O) groups is 3. The number of esters is 1. The molecule has 3 aromatic rings. The fourth-order valence-corrected chi connectivity index (χ4v) is 9.73. The fourth-order valence-electron chi connectivity index (χ4n) is 7.34. The molecule has 224 valence electrons. The van der Waals surface area contributed by atoms with Gasteiger partial charge < -0.3 is 19.6 Å². The number of para-hydroxylation sites is 1. The van der Waals surface area contributed by atoms with Crippen LogP contribution in [0.4, 0.5) is 0 Å². The van der Waals surface area contributed by atoms with Crippen molar-refractivity contribution in [3.05, 3.63) is 85.5 Å². The number of carbonyl (C=O) groups excluding carboxylic acids is 3. The van der Waals surface area contributed by atoms with Gasteiger partial charge in [-0.05, 0) is 30.0 Å². The van der Waals surface area contributed by atoms with E-state index < -0.39 is 34.6 Å².